The number of allylic oxidation sites excluding steroid dienone is 2. The van der Waals surface area contributed by atoms with Gasteiger partial charge in [0.1, 0.15) is 5.60 Å². The summed E-state index contributed by atoms with van der Waals surface area (Å²) in [5.41, 5.74) is -0.569. The minimum Gasteiger partial charge on any atom is -0.481 e. The fourth-order valence-electron chi connectivity index (χ4n) is 1.16. The van der Waals surface area contributed by atoms with Crippen molar-refractivity contribution in [1.29, 1.82) is 0 Å². The van der Waals surface area contributed by atoms with Crippen LogP contribution in [0, 0.1) is 5.92 Å². The van der Waals surface area contributed by atoms with E-state index in [-0.39, 0.29) is 6.42 Å². The molecule has 92 valence electrons. The standard InChI is InChI=1S/C12H20O4/c1-5-6-7-9(11(14)15)8-10(13)16-12(2,3)4/h5-6,9H,7-8H2,1-4H3,(H,14,15)/b6-5+/t9-/m1/s1. The van der Waals surface area contributed by atoms with Gasteiger partial charge in [-0.05, 0) is 34.1 Å². The van der Waals surface area contributed by atoms with Crippen LogP contribution in [-0.2, 0) is 14.3 Å². The van der Waals surface area contributed by atoms with Crippen LogP contribution < -0.4 is 0 Å². The summed E-state index contributed by atoms with van der Waals surface area (Å²) in [7, 11) is 0. The molecule has 0 aromatic rings. The van der Waals surface area contributed by atoms with Gasteiger partial charge < -0.3 is 9.84 Å². The molecule has 0 amide bonds. The number of aliphatic carboxylic acids is 1. The van der Waals surface area contributed by atoms with Crippen LogP contribution in [0.3, 0.4) is 0 Å². The van der Waals surface area contributed by atoms with Gasteiger partial charge in [-0.2, -0.15) is 0 Å². The van der Waals surface area contributed by atoms with E-state index in [4.69, 9.17) is 9.84 Å². The molecular weight excluding hydrogens is 208 g/mol. The van der Waals surface area contributed by atoms with Crippen LogP contribution in [0.5, 0.6) is 0 Å². The Morgan fingerprint density at radius 1 is 1.38 bits per heavy atom. The Morgan fingerprint density at radius 3 is 2.31 bits per heavy atom. The van der Waals surface area contributed by atoms with Crippen molar-refractivity contribution in [2.45, 2.75) is 46.1 Å². The molecule has 0 aliphatic carbocycles. The van der Waals surface area contributed by atoms with E-state index in [0.717, 1.165) is 0 Å². The normalized spacial score (nSPS) is 13.8. The highest BCUT2D eigenvalue weighted by atomic mass is 16.6. The molecule has 0 saturated heterocycles. The number of carbonyl (C=O) groups excluding carboxylic acids is 1. The third-order valence-electron chi connectivity index (χ3n) is 1.84. The highest BCUT2D eigenvalue weighted by Gasteiger charge is 2.24. The van der Waals surface area contributed by atoms with Gasteiger partial charge in [0, 0.05) is 0 Å². The number of carboxylic acid groups (broad SMARTS) is 1. The zero-order valence-electron chi connectivity index (χ0n) is 10.3. The number of hydrogen-bond acceptors (Lipinski definition) is 3. The molecule has 0 aliphatic rings. The minimum atomic E-state index is -0.969. The van der Waals surface area contributed by atoms with Crippen molar-refractivity contribution in [2.75, 3.05) is 0 Å². The maximum absolute atomic E-state index is 11.4. The smallest absolute Gasteiger partial charge is 0.307 e. The Bertz CT molecular complexity index is 273. The summed E-state index contributed by atoms with van der Waals surface area (Å²) in [6.07, 6.45) is 3.77. The molecule has 0 spiro atoms. The fraction of sp³-hybridized carbons (Fsp3) is 0.667. The molecule has 0 aliphatic heterocycles. The van der Waals surface area contributed by atoms with Gasteiger partial charge in [0.25, 0.3) is 0 Å². The van der Waals surface area contributed by atoms with Crippen molar-refractivity contribution in [3.63, 3.8) is 0 Å². The van der Waals surface area contributed by atoms with Gasteiger partial charge >= 0.3 is 11.9 Å². The molecule has 4 heteroatoms. The van der Waals surface area contributed by atoms with Crippen molar-refractivity contribution in [2.24, 2.45) is 5.92 Å². The van der Waals surface area contributed by atoms with E-state index < -0.39 is 23.5 Å². The van der Waals surface area contributed by atoms with E-state index in [1.54, 1.807) is 32.9 Å². The molecule has 0 heterocycles. The quantitative estimate of drug-likeness (QED) is 0.579. The van der Waals surface area contributed by atoms with Crippen molar-refractivity contribution >= 4 is 11.9 Å². The van der Waals surface area contributed by atoms with Gasteiger partial charge in [0.05, 0.1) is 12.3 Å². The minimum absolute atomic E-state index is 0.0864. The second-order valence-corrected chi connectivity index (χ2v) is 4.63. The average molecular weight is 228 g/mol. The second kappa shape index (κ2) is 6.30. The van der Waals surface area contributed by atoms with Crippen molar-refractivity contribution in [3.8, 4) is 0 Å². The number of ether oxygens (including phenoxy) is 1. The number of rotatable bonds is 5. The van der Waals surface area contributed by atoms with E-state index >= 15 is 0 Å². The van der Waals surface area contributed by atoms with Gasteiger partial charge in [0.15, 0.2) is 0 Å². The van der Waals surface area contributed by atoms with Crippen LogP contribution in [0.4, 0.5) is 0 Å². The van der Waals surface area contributed by atoms with Crippen LogP contribution in [0.1, 0.15) is 40.5 Å². The first kappa shape index (κ1) is 14.7. The fourth-order valence-corrected chi connectivity index (χ4v) is 1.16. The van der Waals surface area contributed by atoms with Gasteiger partial charge in [-0.25, -0.2) is 0 Å². The van der Waals surface area contributed by atoms with Gasteiger partial charge in [-0.1, -0.05) is 12.2 Å². The topological polar surface area (TPSA) is 63.6 Å². The molecule has 0 radical (unpaired) electrons. The molecular formula is C12H20O4. The monoisotopic (exact) mass is 228 g/mol. The van der Waals surface area contributed by atoms with Crippen molar-refractivity contribution in [3.05, 3.63) is 12.2 Å². The maximum Gasteiger partial charge on any atom is 0.307 e. The Labute approximate surface area is 96.3 Å². The number of carbonyl (C=O) groups is 2. The molecule has 4 nitrogen and oxygen atoms in total. The Hall–Kier alpha value is -1.32. The highest BCUT2D eigenvalue weighted by molar-refractivity contribution is 5.79. The summed E-state index contributed by atoms with van der Waals surface area (Å²) in [4.78, 5) is 22.3. The molecule has 16 heavy (non-hydrogen) atoms. The molecule has 0 saturated carbocycles. The van der Waals surface area contributed by atoms with E-state index in [1.165, 1.54) is 0 Å². The third-order valence-corrected chi connectivity index (χ3v) is 1.84. The molecule has 1 atom stereocenters. The summed E-state index contributed by atoms with van der Waals surface area (Å²) in [5, 5.41) is 8.91. The highest BCUT2D eigenvalue weighted by Crippen LogP contribution is 2.15. The zero-order chi connectivity index (χ0) is 12.8. The number of carboxylic acids is 1. The first-order chi connectivity index (χ1) is 7.26. The van der Waals surface area contributed by atoms with E-state index in [2.05, 4.69) is 0 Å². The van der Waals surface area contributed by atoms with Crippen LogP contribution >= 0.6 is 0 Å². The Kier molecular flexibility index (Phi) is 5.78. The molecule has 0 fully saturated rings. The van der Waals surface area contributed by atoms with E-state index in [1.807, 2.05) is 6.92 Å². The Balaban J connectivity index is 4.29. The van der Waals surface area contributed by atoms with Crippen molar-refractivity contribution < 1.29 is 19.4 Å². The first-order valence-corrected chi connectivity index (χ1v) is 5.32. The molecule has 0 unspecified atom stereocenters. The summed E-state index contributed by atoms with van der Waals surface area (Å²) in [5.74, 6) is -2.14. The lowest BCUT2D eigenvalue weighted by Gasteiger charge is -2.20. The predicted molar refractivity (Wildman–Crippen MR) is 61.0 cm³/mol. The third kappa shape index (κ3) is 7.04. The van der Waals surface area contributed by atoms with Crippen LogP contribution in [0.15, 0.2) is 12.2 Å². The van der Waals surface area contributed by atoms with Crippen molar-refractivity contribution in [1.82, 2.24) is 0 Å². The van der Waals surface area contributed by atoms with E-state index in [9.17, 15) is 9.59 Å². The lowest BCUT2D eigenvalue weighted by Crippen LogP contribution is -2.27. The van der Waals surface area contributed by atoms with E-state index in [0.29, 0.717) is 6.42 Å². The van der Waals surface area contributed by atoms with Crippen LogP contribution in [-0.4, -0.2) is 22.6 Å². The molecule has 0 rings (SSSR count). The second-order valence-electron chi connectivity index (χ2n) is 4.63. The van der Waals surface area contributed by atoms with Crippen LogP contribution in [0.25, 0.3) is 0 Å². The molecule has 0 bridgehead atoms. The lowest BCUT2D eigenvalue weighted by atomic mass is 10.0. The molecule has 1 N–H and O–H groups in total. The zero-order valence-corrected chi connectivity index (χ0v) is 10.3. The summed E-state index contributed by atoms with van der Waals surface area (Å²) in [6.45, 7) is 7.08. The largest absolute Gasteiger partial charge is 0.481 e. The summed E-state index contributed by atoms with van der Waals surface area (Å²) >= 11 is 0. The van der Waals surface area contributed by atoms with Gasteiger partial charge in [-0.3, -0.25) is 9.59 Å². The maximum atomic E-state index is 11.4. The van der Waals surface area contributed by atoms with Gasteiger partial charge in [-0.15, -0.1) is 0 Å². The number of esters is 1. The summed E-state index contributed by atoms with van der Waals surface area (Å²) in [6, 6.07) is 0. The molecule has 0 aromatic carbocycles. The predicted octanol–water partition coefficient (Wildman–Crippen LogP) is 2.39. The Morgan fingerprint density at radius 2 is 1.94 bits per heavy atom. The van der Waals surface area contributed by atoms with Crippen LogP contribution in [0.2, 0.25) is 0 Å². The van der Waals surface area contributed by atoms with Gasteiger partial charge in [0.2, 0.25) is 0 Å². The lowest BCUT2D eigenvalue weighted by molar-refractivity contribution is -0.159. The SMILES string of the molecule is C/C=C/C[C@H](CC(=O)OC(C)(C)C)C(=O)O. The average Bonchev–Trinajstić information content (AvgIpc) is 2.08. The first-order valence-electron chi connectivity index (χ1n) is 5.32. The molecule has 0 aromatic heterocycles. The number of hydrogen-bond donors (Lipinski definition) is 1. The summed E-state index contributed by atoms with van der Waals surface area (Å²) < 4.78 is 5.07.